The zero-order chi connectivity index (χ0) is 15.5. The molecule has 1 aliphatic rings. The van der Waals surface area contributed by atoms with Gasteiger partial charge in [0.2, 0.25) is 0 Å². The van der Waals surface area contributed by atoms with Gasteiger partial charge in [0, 0.05) is 6.07 Å². The standard InChI is InChI=1S/C15H13N3O3S/c1-9-6-13(18-21-9)16-15-17-14(19)12(22-15)8-10-4-3-5-11(7-10)20-2/h3-8H,1-2H3,(H,16,17,18,19)/b12-8-. The average Bonchev–Trinajstić information content (AvgIpc) is 3.06. The highest BCUT2D eigenvalue weighted by molar-refractivity contribution is 8.18. The number of ether oxygens (including phenoxy) is 1. The van der Waals surface area contributed by atoms with Crippen LogP contribution in [0.2, 0.25) is 0 Å². The number of nitrogens with one attached hydrogen (secondary N) is 1. The lowest BCUT2D eigenvalue weighted by Crippen LogP contribution is -2.19. The number of nitrogens with zero attached hydrogens (tertiary/aromatic N) is 2. The van der Waals surface area contributed by atoms with E-state index in [2.05, 4.69) is 15.5 Å². The normalized spacial score (nSPS) is 18.0. The zero-order valence-corrected chi connectivity index (χ0v) is 12.8. The van der Waals surface area contributed by atoms with Gasteiger partial charge in [-0.2, -0.15) is 0 Å². The first-order valence-electron chi connectivity index (χ1n) is 6.51. The minimum Gasteiger partial charge on any atom is -0.497 e. The second-order valence-corrected chi connectivity index (χ2v) is 5.58. The van der Waals surface area contributed by atoms with Crippen molar-refractivity contribution in [3.8, 4) is 5.75 Å². The first-order chi connectivity index (χ1) is 10.6. The lowest BCUT2D eigenvalue weighted by Gasteiger charge is -2.00. The third kappa shape index (κ3) is 3.20. The monoisotopic (exact) mass is 315 g/mol. The van der Waals surface area contributed by atoms with Crippen LogP contribution < -0.4 is 10.1 Å². The topological polar surface area (TPSA) is 76.7 Å². The number of thioether (sulfide) groups is 1. The number of amides is 1. The molecule has 0 atom stereocenters. The van der Waals surface area contributed by atoms with Crippen LogP contribution in [0.5, 0.6) is 5.75 Å². The van der Waals surface area contributed by atoms with Gasteiger partial charge in [-0.25, -0.2) is 4.99 Å². The van der Waals surface area contributed by atoms with Gasteiger partial charge in [0.1, 0.15) is 11.5 Å². The van der Waals surface area contributed by atoms with E-state index in [0.29, 0.717) is 21.7 Å². The first kappa shape index (κ1) is 14.4. The number of amidine groups is 1. The second kappa shape index (κ2) is 6.07. The summed E-state index contributed by atoms with van der Waals surface area (Å²) >= 11 is 1.26. The molecule has 0 spiro atoms. The van der Waals surface area contributed by atoms with Crippen molar-refractivity contribution in [1.82, 2.24) is 10.5 Å². The summed E-state index contributed by atoms with van der Waals surface area (Å²) < 4.78 is 10.1. The molecule has 112 valence electrons. The van der Waals surface area contributed by atoms with Gasteiger partial charge in [-0.3, -0.25) is 4.79 Å². The van der Waals surface area contributed by atoms with Crippen molar-refractivity contribution in [3.63, 3.8) is 0 Å². The van der Waals surface area contributed by atoms with Crippen molar-refractivity contribution >= 4 is 34.7 Å². The van der Waals surface area contributed by atoms with Crippen LogP contribution in [0.3, 0.4) is 0 Å². The lowest BCUT2D eigenvalue weighted by molar-refractivity contribution is -0.115. The molecule has 3 rings (SSSR count). The Labute approximate surface area is 131 Å². The number of benzene rings is 1. The Morgan fingerprint density at radius 3 is 3.00 bits per heavy atom. The molecule has 1 saturated heterocycles. The van der Waals surface area contributed by atoms with Gasteiger partial charge in [0.25, 0.3) is 5.91 Å². The second-order valence-electron chi connectivity index (χ2n) is 4.55. The molecular weight excluding hydrogens is 302 g/mol. The third-order valence-corrected chi connectivity index (χ3v) is 3.78. The summed E-state index contributed by atoms with van der Waals surface area (Å²) in [7, 11) is 1.61. The number of aryl methyl sites for hydroxylation is 1. The van der Waals surface area contributed by atoms with Crippen molar-refractivity contribution in [2.75, 3.05) is 7.11 Å². The average molecular weight is 315 g/mol. The van der Waals surface area contributed by atoms with Crippen LogP contribution in [0.1, 0.15) is 11.3 Å². The Morgan fingerprint density at radius 1 is 1.41 bits per heavy atom. The number of hydrogen-bond acceptors (Lipinski definition) is 6. The van der Waals surface area contributed by atoms with E-state index in [1.807, 2.05) is 24.3 Å². The number of rotatable bonds is 3. The van der Waals surface area contributed by atoms with E-state index in [1.54, 1.807) is 26.2 Å². The van der Waals surface area contributed by atoms with Gasteiger partial charge in [-0.1, -0.05) is 17.3 Å². The van der Waals surface area contributed by atoms with E-state index in [9.17, 15) is 4.79 Å². The minimum atomic E-state index is -0.188. The van der Waals surface area contributed by atoms with Crippen LogP contribution >= 0.6 is 11.8 Å². The molecule has 1 amide bonds. The Bertz CT molecular complexity index is 780. The molecule has 1 fully saturated rings. The SMILES string of the molecule is COc1cccc(/C=C2\SC(=Nc3cc(C)on3)NC2=O)c1. The van der Waals surface area contributed by atoms with Crippen molar-refractivity contribution in [2.24, 2.45) is 4.99 Å². The highest BCUT2D eigenvalue weighted by Crippen LogP contribution is 2.28. The molecule has 2 heterocycles. The molecule has 0 unspecified atom stereocenters. The summed E-state index contributed by atoms with van der Waals surface area (Å²) in [4.78, 5) is 16.8. The molecular formula is C15H13N3O3S. The fourth-order valence-electron chi connectivity index (χ4n) is 1.87. The maximum atomic E-state index is 12.0. The Hall–Kier alpha value is -2.54. The predicted octanol–water partition coefficient (Wildman–Crippen LogP) is 2.88. The highest BCUT2D eigenvalue weighted by atomic mass is 32.2. The molecule has 0 aliphatic carbocycles. The molecule has 2 aromatic rings. The summed E-state index contributed by atoms with van der Waals surface area (Å²) in [6, 6.07) is 9.18. The highest BCUT2D eigenvalue weighted by Gasteiger charge is 2.24. The van der Waals surface area contributed by atoms with E-state index < -0.39 is 0 Å². The molecule has 1 N–H and O–H groups in total. The number of carbonyl (C=O) groups is 1. The summed E-state index contributed by atoms with van der Waals surface area (Å²) in [5, 5.41) is 6.96. The van der Waals surface area contributed by atoms with Crippen LogP contribution in [0, 0.1) is 6.92 Å². The molecule has 7 heteroatoms. The molecule has 22 heavy (non-hydrogen) atoms. The van der Waals surface area contributed by atoms with Gasteiger partial charge in [0.05, 0.1) is 12.0 Å². The molecule has 1 aromatic heterocycles. The van der Waals surface area contributed by atoms with E-state index in [0.717, 1.165) is 11.3 Å². The summed E-state index contributed by atoms with van der Waals surface area (Å²) in [5.74, 6) is 1.65. The van der Waals surface area contributed by atoms with Crippen LogP contribution in [-0.2, 0) is 4.79 Å². The van der Waals surface area contributed by atoms with E-state index in [-0.39, 0.29) is 5.91 Å². The number of methoxy groups -OCH3 is 1. The lowest BCUT2D eigenvalue weighted by atomic mass is 10.2. The van der Waals surface area contributed by atoms with Crippen LogP contribution in [-0.4, -0.2) is 23.3 Å². The predicted molar refractivity (Wildman–Crippen MR) is 85.0 cm³/mol. The number of carbonyl (C=O) groups excluding carboxylic acids is 1. The Kier molecular flexibility index (Phi) is 3.97. The zero-order valence-electron chi connectivity index (χ0n) is 12.0. The van der Waals surface area contributed by atoms with Gasteiger partial charge in [0.15, 0.2) is 11.0 Å². The summed E-state index contributed by atoms with van der Waals surface area (Å²) in [6.45, 7) is 1.78. The molecule has 0 bridgehead atoms. The van der Waals surface area contributed by atoms with Gasteiger partial charge in [-0.15, -0.1) is 0 Å². The quantitative estimate of drug-likeness (QED) is 0.881. The van der Waals surface area contributed by atoms with E-state index in [4.69, 9.17) is 9.26 Å². The van der Waals surface area contributed by atoms with Crippen molar-refractivity contribution < 1.29 is 14.1 Å². The number of hydrogen-bond donors (Lipinski definition) is 1. The first-order valence-corrected chi connectivity index (χ1v) is 7.32. The number of aromatic nitrogens is 1. The summed E-state index contributed by atoms with van der Waals surface area (Å²) in [5.41, 5.74) is 0.885. The fraction of sp³-hybridized carbons (Fsp3) is 0.133. The van der Waals surface area contributed by atoms with Crippen molar-refractivity contribution in [3.05, 3.63) is 46.6 Å². The van der Waals surface area contributed by atoms with Gasteiger partial charge < -0.3 is 14.6 Å². The molecule has 0 saturated carbocycles. The van der Waals surface area contributed by atoms with Gasteiger partial charge >= 0.3 is 0 Å². The van der Waals surface area contributed by atoms with Crippen LogP contribution in [0.15, 0.2) is 44.8 Å². The van der Waals surface area contributed by atoms with Crippen molar-refractivity contribution in [1.29, 1.82) is 0 Å². The molecule has 1 aliphatic heterocycles. The molecule has 0 radical (unpaired) electrons. The van der Waals surface area contributed by atoms with Gasteiger partial charge in [-0.05, 0) is 42.5 Å². The summed E-state index contributed by atoms with van der Waals surface area (Å²) in [6.07, 6.45) is 1.79. The maximum absolute atomic E-state index is 12.0. The third-order valence-electron chi connectivity index (χ3n) is 2.87. The number of aliphatic imine (C=N–C) groups is 1. The maximum Gasteiger partial charge on any atom is 0.264 e. The molecule has 1 aromatic carbocycles. The fourth-order valence-corrected chi connectivity index (χ4v) is 2.70. The smallest absolute Gasteiger partial charge is 0.264 e. The Morgan fingerprint density at radius 2 is 2.27 bits per heavy atom. The largest absolute Gasteiger partial charge is 0.497 e. The molecule has 6 nitrogen and oxygen atoms in total. The van der Waals surface area contributed by atoms with Crippen molar-refractivity contribution in [2.45, 2.75) is 6.92 Å². The van der Waals surface area contributed by atoms with Crippen LogP contribution in [0.4, 0.5) is 5.82 Å². The van der Waals surface area contributed by atoms with Crippen LogP contribution in [0.25, 0.3) is 6.08 Å². The minimum absolute atomic E-state index is 0.188. The van der Waals surface area contributed by atoms with E-state index >= 15 is 0 Å². The van der Waals surface area contributed by atoms with E-state index in [1.165, 1.54) is 11.8 Å². The Balaban J connectivity index is 1.82.